The van der Waals surface area contributed by atoms with Crippen molar-refractivity contribution in [3.63, 3.8) is 0 Å². The van der Waals surface area contributed by atoms with Crippen LogP contribution in [0.3, 0.4) is 0 Å². The third kappa shape index (κ3) is 6.07. The molecule has 0 bridgehead atoms. The Kier molecular flexibility index (Phi) is 9.40. The first-order valence-corrected chi connectivity index (χ1v) is 10.3. The average Bonchev–Trinajstić information content (AvgIpc) is 2.55. The minimum Gasteiger partial charge on any atom is -0.496 e. The van der Waals surface area contributed by atoms with Crippen molar-refractivity contribution < 1.29 is 9.47 Å². The second-order valence-corrected chi connectivity index (χ2v) is 7.53. The number of rotatable bonds is 4. The summed E-state index contributed by atoms with van der Waals surface area (Å²) in [5.41, 5.74) is 0. The van der Waals surface area contributed by atoms with Crippen LogP contribution < -0.4 is 9.47 Å². The maximum absolute atomic E-state index is 5.17. The summed E-state index contributed by atoms with van der Waals surface area (Å²) in [6, 6.07) is 12.0. The van der Waals surface area contributed by atoms with E-state index in [4.69, 9.17) is 9.47 Å². The van der Waals surface area contributed by atoms with Crippen molar-refractivity contribution >= 4 is 55.4 Å². The van der Waals surface area contributed by atoms with Crippen molar-refractivity contribution in [2.75, 3.05) is 26.7 Å². The maximum atomic E-state index is 5.17. The molecule has 0 saturated heterocycles. The van der Waals surface area contributed by atoms with Gasteiger partial charge in [0.05, 0.1) is 19.1 Å². The van der Waals surface area contributed by atoms with E-state index in [0.717, 1.165) is 30.2 Å². The van der Waals surface area contributed by atoms with E-state index in [9.17, 15) is 0 Å². The molecule has 2 aromatic carbocycles. The molecule has 2 aromatic rings. The number of halogens is 2. The maximum Gasteiger partial charge on any atom is 0.133 e. The van der Waals surface area contributed by atoms with E-state index in [1.807, 2.05) is 48.9 Å². The summed E-state index contributed by atoms with van der Waals surface area (Å²) in [6.07, 6.45) is 4.07. The highest BCUT2D eigenvalue weighted by Crippen LogP contribution is 2.30. The lowest BCUT2D eigenvalue weighted by molar-refractivity contribution is 0.404. The fourth-order valence-corrected chi connectivity index (χ4v) is 3.62. The molecule has 0 amide bonds. The average molecular weight is 466 g/mol. The van der Waals surface area contributed by atoms with Crippen LogP contribution in [0.4, 0.5) is 0 Å². The summed E-state index contributed by atoms with van der Waals surface area (Å²) in [7, 11) is 3.37. The minimum absolute atomic E-state index is 0.923. The molecular formula is C16H18Br2O2S2. The van der Waals surface area contributed by atoms with Gasteiger partial charge in [-0.25, -0.2) is 0 Å². The molecule has 0 unspecified atom stereocenters. The first-order chi connectivity index (χ1) is 10.5. The fourth-order valence-electron chi connectivity index (χ4n) is 1.62. The lowest BCUT2D eigenvalue weighted by Crippen LogP contribution is -1.84. The minimum atomic E-state index is 0.923. The summed E-state index contributed by atoms with van der Waals surface area (Å²) >= 11 is 10.1. The molecule has 0 N–H and O–H groups in total. The zero-order valence-electron chi connectivity index (χ0n) is 12.9. The Balaban J connectivity index is 0.000000220. The van der Waals surface area contributed by atoms with Gasteiger partial charge in [-0.15, -0.1) is 23.5 Å². The van der Waals surface area contributed by atoms with E-state index in [1.165, 1.54) is 0 Å². The van der Waals surface area contributed by atoms with Crippen molar-refractivity contribution in [2.45, 2.75) is 9.79 Å². The zero-order chi connectivity index (χ0) is 16.5. The van der Waals surface area contributed by atoms with E-state index in [1.54, 1.807) is 37.7 Å². The topological polar surface area (TPSA) is 18.5 Å². The molecule has 2 rings (SSSR count). The highest BCUT2D eigenvalue weighted by atomic mass is 79.9. The van der Waals surface area contributed by atoms with Gasteiger partial charge in [0.25, 0.3) is 0 Å². The second kappa shape index (κ2) is 10.5. The van der Waals surface area contributed by atoms with Gasteiger partial charge in [-0.05, 0) is 48.9 Å². The monoisotopic (exact) mass is 464 g/mol. The Morgan fingerprint density at radius 3 is 1.82 bits per heavy atom. The van der Waals surface area contributed by atoms with E-state index in [0.29, 0.717) is 0 Å². The first-order valence-electron chi connectivity index (χ1n) is 6.30. The van der Waals surface area contributed by atoms with Crippen molar-refractivity contribution in [3.8, 4) is 11.5 Å². The second-order valence-electron chi connectivity index (χ2n) is 4.00. The number of thioether (sulfide) groups is 2. The number of hydrogen-bond donors (Lipinski definition) is 0. The number of ether oxygens (including phenoxy) is 2. The van der Waals surface area contributed by atoms with Gasteiger partial charge in [0.1, 0.15) is 11.5 Å². The van der Waals surface area contributed by atoms with Gasteiger partial charge < -0.3 is 9.47 Å². The van der Waals surface area contributed by atoms with Crippen LogP contribution in [0, 0.1) is 0 Å². The smallest absolute Gasteiger partial charge is 0.133 e. The Morgan fingerprint density at radius 1 is 0.727 bits per heavy atom. The van der Waals surface area contributed by atoms with Crippen LogP contribution >= 0.6 is 55.4 Å². The van der Waals surface area contributed by atoms with Gasteiger partial charge >= 0.3 is 0 Å². The zero-order valence-corrected chi connectivity index (χ0v) is 17.7. The first kappa shape index (κ1) is 19.7. The number of benzene rings is 2. The number of hydrogen-bond acceptors (Lipinski definition) is 4. The van der Waals surface area contributed by atoms with Gasteiger partial charge in [0, 0.05) is 13.8 Å². The molecule has 0 saturated carbocycles. The molecular weight excluding hydrogens is 448 g/mol. The standard InChI is InChI=1S/2C8H9BrOS/c1-10-7-5-6(9)3-4-8(7)11-2;1-10-7-4-3-6(9)5-8(7)11-2/h2*3-5H,1-2H3. The van der Waals surface area contributed by atoms with Gasteiger partial charge in [0.2, 0.25) is 0 Å². The summed E-state index contributed by atoms with van der Waals surface area (Å²) in [4.78, 5) is 2.32. The normalized spacial score (nSPS) is 9.73. The highest BCUT2D eigenvalue weighted by molar-refractivity contribution is 9.10. The molecule has 6 heteroatoms. The molecule has 0 fully saturated rings. The highest BCUT2D eigenvalue weighted by Gasteiger charge is 2.01. The third-order valence-corrected chi connectivity index (χ3v) is 5.21. The SMILES string of the molecule is COc1cc(Br)ccc1SC.COc1ccc(Br)cc1SC. The van der Waals surface area contributed by atoms with E-state index in [-0.39, 0.29) is 0 Å². The van der Waals surface area contributed by atoms with Crippen LogP contribution in [-0.2, 0) is 0 Å². The summed E-state index contributed by atoms with van der Waals surface area (Å²) < 4.78 is 12.4. The van der Waals surface area contributed by atoms with Crippen molar-refractivity contribution in [1.29, 1.82) is 0 Å². The van der Waals surface area contributed by atoms with E-state index < -0.39 is 0 Å². The van der Waals surface area contributed by atoms with Crippen LogP contribution in [0.25, 0.3) is 0 Å². The Labute approximate surface area is 157 Å². The fraction of sp³-hybridized carbons (Fsp3) is 0.250. The van der Waals surface area contributed by atoms with Gasteiger partial charge in [-0.3, -0.25) is 0 Å². The van der Waals surface area contributed by atoms with Crippen molar-refractivity contribution in [1.82, 2.24) is 0 Å². The van der Waals surface area contributed by atoms with Crippen LogP contribution in [0.5, 0.6) is 11.5 Å². The molecule has 0 aliphatic rings. The predicted octanol–water partition coefficient (Wildman–Crippen LogP) is 6.36. The Morgan fingerprint density at radius 2 is 1.27 bits per heavy atom. The van der Waals surface area contributed by atoms with Crippen LogP contribution in [0.1, 0.15) is 0 Å². The molecule has 22 heavy (non-hydrogen) atoms. The van der Waals surface area contributed by atoms with Crippen LogP contribution in [0.2, 0.25) is 0 Å². The predicted molar refractivity (Wildman–Crippen MR) is 105 cm³/mol. The largest absolute Gasteiger partial charge is 0.496 e. The van der Waals surface area contributed by atoms with Gasteiger partial charge in [-0.1, -0.05) is 31.9 Å². The third-order valence-electron chi connectivity index (χ3n) is 2.69. The molecule has 0 spiro atoms. The van der Waals surface area contributed by atoms with E-state index >= 15 is 0 Å². The van der Waals surface area contributed by atoms with Gasteiger partial charge in [-0.2, -0.15) is 0 Å². The lowest BCUT2D eigenvalue weighted by Gasteiger charge is -2.05. The molecule has 0 radical (unpaired) electrons. The molecule has 120 valence electrons. The molecule has 2 nitrogen and oxygen atoms in total. The van der Waals surface area contributed by atoms with Crippen molar-refractivity contribution in [3.05, 3.63) is 45.3 Å². The van der Waals surface area contributed by atoms with Crippen molar-refractivity contribution in [2.24, 2.45) is 0 Å². The quantitative estimate of drug-likeness (QED) is 0.488. The molecule has 0 aromatic heterocycles. The molecule has 0 heterocycles. The Hall–Kier alpha value is -0.300. The van der Waals surface area contributed by atoms with Gasteiger partial charge in [0.15, 0.2) is 0 Å². The summed E-state index contributed by atoms with van der Waals surface area (Å²) in [6.45, 7) is 0. The van der Waals surface area contributed by atoms with Crippen LogP contribution in [0.15, 0.2) is 55.1 Å². The van der Waals surface area contributed by atoms with E-state index in [2.05, 4.69) is 31.9 Å². The summed E-state index contributed by atoms with van der Waals surface area (Å²) in [5.74, 6) is 1.85. The summed E-state index contributed by atoms with van der Waals surface area (Å²) in [5, 5.41) is 0. The molecule has 0 atom stereocenters. The molecule has 0 aliphatic heterocycles. The van der Waals surface area contributed by atoms with Crippen LogP contribution in [-0.4, -0.2) is 26.7 Å². The number of methoxy groups -OCH3 is 2. The molecule has 0 aliphatic carbocycles. The Bertz CT molecular complexity index is 553. The lowest BCUT2D eigenvalue weighted by atomic mass is 10.3.